The molecule has 1 N–H and O–H groups in total. The van der Waals surface area contributed by atoms with Crippen molar-refractivity contribution >= 4 is 23.2 Å². The van der Waals surface area contributed by atoms with Crippen LogP contribution in [0.15, 0.2) is 17.5 Å². The van der Waals surface area contributed by atoms with Crippen LogP contribution < -0.4 is 5.32 Å². The topological polar surface area (TPSA) is 49.4 Å². The molecule has 1 aliphatic heterocycles. The summed E-state index contributed by atoms with van der Waals surface area (Å²) in [5, 5.41) is 5.00. The predicted octanol–water partition coefficient (Wildman–Crippen LogP) is 1.88. The first-order valence-electron chi connectivity index (χ1n) is 6.87. The van der Waals surface area contributed by atoms with Gasteiger partial charge in [0.2, 0.25) is 5.91 Å². The van der Waals surface area contributed by atoms with E-state index in [9.17, 15) is 9.59 Å². The molecule has 1 aliphatic carbocycles. The molecule has 1 aromatic rings. The first kappa shape index (κ1) is 12.7. The van der Waals surface area contributed by atoms with E-state index in [1.165, 1.54) is 24.2 Å². The monoisotopic (exact) mass is 278 g/mol. The van der Waals surface area contributed by atoms with Gasteiger partial charge in [0.1, 0.15) is 0 Å². The van der Waals surface area contributed by atoms with Gasteiger partial charge < -0.3 is 10.2 Å². The Hall–Kier alpha value is -1.36. The Morgan fingerprint density at radius 3 is 2.63 bits per heavy atom. The van der Waals surface area contributed by atoms with Gasteiger partial charge in [-0.25, -0.2) is 0 Å². The lowest BCUT2D eigenvalue weighted by molar-refractivity contribution is -0.129. The van der Waals surface area contributed by atoms with Crippen molar-refractivity contribution < 1.29 is 9.59 Å². The fourth-order valence-corrected chi connectivity index (χ4v) is 3.45. The van der Waals surface area contributed by atoms with Crippen molar-refractivity contribution in [1.82, 2.24) is 10.2 Å². The number of likely N-dealkylation sites (tertiary alicyclic amines) is 1. The van der Waals surface area contributed by atoms with Gasteiger partial charge in [-0.2, -0.15) is 0 Å². The molecule has 5 heteroatoms. The van der Waals surface area contributed by atoms with E-state index in [1.807, 2.05) is 17.5 Å². The average molecular weight is 278 g/mol. The third kappa shape index (κ3) is 2.66. The van der Waals surface area contributed by atoms with Crippen LogP contribution in [0.5, 0.6) is 0 Å². The van der Waals surface area contributed by atoms with E-state index in [0.29, 0.717) is 19.1 Å². The standard InChI is InChI=1S/C14H18N2O2S/c17-13(15-11-4-1-2-5-11)10-8-16(9-10)14(18)12-6-3-7-19-12/h3,6-7,10-11H,1-2,4-5,8-9H2,(H,15,17). The van der Waals surface area contributed by atoms with E-state index in [-0.39, 0.29) is 17.7 Å². The molecular formula is C14H18N2O2S. The summed E-state index contributed by atoms with van der Waals surface area (Å²) in [7, 11) is 0. The van der Waals surface area contributed by atoms with Crippen LogP contribution in [-0.2, 0) is 4.79 Å². The number of hydrogen-bond donors (Lipinski definition) is 1. The Labute approximate surface area is 116 Å². The molecule has 102 valence electrons. The maximum Gasteiger partial charge on any atom is 0.263 e. The molecule has 1 saturated heterocycles. The van der Waals surface area contributed by atoms with E-state index in [0.717, 1.165) is 17.7 Å². The van der Waals surface area contributed by atoms with Crippen LogP contribution in [0.25, 0.3) is 0 Å². The Balaban J connectivity index is 1.47. The molecule has 0 spiro atoms. The van der Waals surface area contributed by atoms with Crippen LogP contribution >= 0.6 is 11.3 Å². The van der Waals surface area contributed by atoms with Gasteiger partial charge in [0.25, 0.3) is 5.91 Å². The van der Waals surface area contributed by atoms with Crippen molar-refractivity contribution in [2.75, 3.05) is 13.1 Å². The number of thiophene rings is 1. The first-order valence-corrected chi connectivity index (χ1v) is 7.75. The predicted molar refractivity (Wildman–Crippen MR) is 74.1 cm³/mol. The molecule has 0 unspecified atom stereocenters. The Morgan fingerprint density at radius 2 is 2.00 bits per heavy atom. The van der Waals surface area contributed by atoms with Crippen molar-refractivity contribution in [2.24, 2.45) is 5.92 Å². The average Bonchev–Trinajstić information content (AvgIpc) is 2.98. The van der Waals surface area contributed by atoms with E-state index < -0.39 is 0 Å². The Kier molecular flexibility index (Phi) is 3.55. The maximum absolute atomic E-state index is 12.0. The summed E-state index contributed by atoms with van der Waals surface area (Å²) in [5.74, 6) is 0.173. The number of carbonyl (C=O) groups excluding carboxylic acids is 2. The zero-order chi connectivity index (χ0) is 13.2. The summed E-state index contributed by atoms with van der Waals surface area (Å²) in [6, 6.07) is 4.08. The summed E-state index contributed by atoms with van der Waals surface area (Å²) < 4.78 is 0. The lowest BCUT2D eigenvalue weighted by Gasteiger charge is -2.38. The smallest absolute Gasteiger partial charge is 0.263 e. The Morgan fingerprint density at radius 1 is 1.26 bits per heavy atom. The highest BCUT2D eigenvalue weighted by Crippen LogP contribution is 2.23. The van der Waals surface area contributed by atoms with Crippen LogP contribution in [0.1, 0.15) is 35.4 Å². The molecule has 0 atom stereocenters. The minimum atomic E-state index is -0.00971. The second-order valence-electron chi connectivity index (χ2n) is 5.37. The second kappa shape index (κ2) is 5.33. The molecule has 2 heterocycles. The normalized spacial score (nSPS) is 20.3. The highest BCUT2D eigenvalue weighted by atomic mass is 32.1. The van der Waals surface area contributed by atoms with E-state index in [1.54, 1.807) is 4.90 Å². The van der Waals surface area contributed by atoms with E-state index in [4.69, 9.17) is 0 Å². The molecular weight excluding hydrogens is 260 g/mol. The van der Waals surface area contributed by atoms with Gasteiger partial charge in [-0.05, 0) is 24.3 Å². The highest BCUT2D eigenvalue weighted by molar-refractivity contribution is 7.12. The van der Waals surface area contributed by atoms with Crippen molar-refractivity contribution in [3.63, 3.8) is 0 Å². The van der Waals surface area contributed by atoms with Crippen LogP contribution in [-0.4, -0.2) is 35.8 Å². The number of amides is 2. The summed E-state index contributed by atoms with van der Waals surface area (Å²) >= 11 is 1.45. The summed E-state index contributed by atoms with van der Waals surface area (Å²) in [5.41, 5.74) is 0. The lowest BCUT2D eigenvalue weighted by atomic mass is 9.98. The van der Waals surface area contributed by atoms with Gasteiger partial charge in [-0.15, -0.1) is 11.3 Å². The molecule has 2 amide bonds. The van der Waals surface area contributed by atoms with Gasteiger partial charge in [-0.1, -0.05) is 18.9 Å². The van der Waals surface area contributed by atoms with E-state index >= 15 is 0 Å². The van der Waals surface area contributed by atoms with Crippen LogP contribution in [0.3, 0.4) is 0 Å². The van der Waals surface area contributed by atoms with E-state index in [2.05, 4.69) is 5.32 Å². The number of carbonyl (C=O) groups is 2. The molecule has 3 rings (SSSR count). The third-order valence-corrected chi connectivity index (χ3v) is 4.83. The molecule has 1 saturated carbocycles. The molecule has 2 aliphatic rings. The van der Waals surface area contributed by atoms with Gasteiger partial charge in [0.05, 0.1) is 10.8 Å². The molecule has 2 fully saturated rings. The van der Waals surface area contributed by atoms with Crippen LogP contribution in [0.4, 0.5) is 0 Å². The minimum absolute atomic E-state index is 0.00971. The lowest BCUT2D eigenvalue weighted by Crippen LogP contribution is -2.56. The van der Waals surface area contributed by atoms with Gasteiger partial charge >= 0.3 is 0 Å². The van der Waals surface area contributed by atoms with Crippen molar-refractivity contribution in [3.8, 4) is 0 Å². The fraction of sp³-hybridized carbons (Fsp3) is 0.571. The Bertz CT molecular complexity index is 460. The zero-order valence-electron chi connectivity index (χ0n) is 10.8. The zero-order valence-corrected chi connectivity index (χ0v) is 11.6. The van der Waals surface area contributed by atoms with Crippen LogP contribution in [0.2, 0.25) is 0 Å². The van der Waals surface area contributed by atoms with Gasteiger partial charge in [0.15, 0.2) is 0 Å². The largest absolute Gasteiger partial charge is 0.353 e. The van der Waals surface area contributed by atoms with Crippen molar-refractivity contribution in [1.29, 1.82) is 0 Å². The van der Waals surface area contributed by atoms with Gasteiger partial charge in [-0.3, -0.25) is 9.59 Å². The summed E-state index contributed by atoms with van der Waals surface area (Å²) in [6.45, 7) is 1.13. The quantitative estimate of drug-likeness (QED) is 0.917. The van der Waals surface area contributed by atoms with Crippen molar-refractivity contribution in [2.45, 2.75) is 31.7 Å². The second-order valence-corrected chi connectivity index (χ2v) is 6.32. The minimum Gasteiger partial charge on any atom is -0.353 e. The summed E-state index contributed by atoms with van der Waals surface area (Å²) in [6.07, 6.45) is 4.66. The fourth-order valence-electron chi connectivity index (χ4n) is 2.76. The molecule has 1 aromatic heterocycles. The first-order chi connectivity index (χ1) is 9.24. The molecule has 19 heavy (non-hydrogen) atoms. The third-order valence-electron chi connectivity index (χ3n) is 3.97. The number of rotatable bonds is 3. The molecule has 0 bridgehead atoms. The van der Waals surface area contributed by atoms with Gasteiger partial charge in [0, 0.05) is 19.1 Å². The maximum atomic E-state index is 12.0. The molecule has 0 aromatic carbocycles. The number of hydrogen-bond acceptors (Lipinski definition) is 3. The number of nitrogens with one attached hydrogen (secondary N) is 1. The molecule has 0 radical (unpaired) electrons. The highest BCUT2D eigenvalue weighted by Gasteiger charge is 2.37. The SMILES string of the molecule is O=C(NC1CCCC1)C1CN(C(=O)c2cccs2)C1. The van der Waals surface area contributed by atoms with Crippen molar-refractivity contribution in [3.05, 3.63) is 22.4 Å². The summed E-state index contributed by atoms with van der Waals surface area (Å²) in [4.78, 5) is 26.5. The molecule has 4 nitrogen and oxygen atoms in total. The van der Waals surface area contributed by atoms with Crippen LogP contribution in [0, 0.1) is 5.92 Å². The number of nitrogens with zero attached hydrogens (tertiary/aromatic N) is 1.